The molecule has 1 aromatic carbocycles. The molecule has 1 heterocycles. The highest BCUT2D eigenvalue weighted by atomic mass is 35.5. The SMILES string of the molecule is CC(=Cc1nc2ccc(Cl)cc2c(=O)o1)C(=O)O. The van der Waals surface area contributed by atoms with Crippen LogP contribution in [0.15, 0.2) is 33.0 Å². The number of rotatable bonds is 2. The molecule has 0 spiro atoms. The van der Waals surface area contributed by atoms with Crippen molar-refractivity contribution in [2.75, 3.05) is 0 Å². The van der Waals surface area contributed by atoms with Gasteiger partial charge in [0.2, 0.25) is 5.89 Å². The van der Waals surface area contributed by atoms with Crippen LogP contribution in [0.1, 0.15) is 12.8 Å². The number of aliphatic carboxylic acids is 1. The second-order valence-electron chi connectivity index (χ2n) is 3.63. The lowest BCUT2D eigenvalue weighted by Gasteiger charge is -1.98. The van der Waals surface area contributed by atoms with Crippen molar-refractivity contribution in [3.8, 4) is 0 Å². The number of nitrogens with zero attached hydrogens (tertiary/aromatic N) is 1. The molecule has 0 amide bonds. The zero-order valence-corrected chi connectivity index (χ0v) is 10.1. The minimum atomic E-state index is -1.10. The minimum Gasteiger partial charge on any atom is -0.478 e. The standard InChI is InChI=1S/C12H8ClNO4/c1-6(11(15)16)4-10-14-9-3-2-7(13)5-8(9)12(17)18-10/h2-5H,1H3,(H,15,16). The molecule has 0 aliphatic carbocycles. The Morgan fingerprint density at radius 3 is 2.89 bits per heavy atom. The van der Waals surface area contributed by atoms with Crippen LogP contribution in [0, 0.1) is 0 Å². The van der Waals surface area contributed by atoms with Crippen LogP contribution < -0.4 is 5.63 Å². The fourth-order valence-electron chi connectivity index (χ4n) is 1.37. The van der Waals surface area contributed by atoms with Crippen molar-refractivity contribution < 1.29 is 14.3 Å². The van der Waals surface area contributed by atoms with E-state index in [1.54, 1.807) is 12.1 Å². The molecule has 92 valence electrons. The van der Waals surface area contributed by atoms with E-state index in [9.17, 15) is 9.59 Å². The molecule has 1 aromatic heterocycles. The molecule has 1 N–H and O–H groups in total. The molecular formula is C12H8ClNO4. The maximum Gasteiger partial charge on any atom is 0.347 e. The Morgan fingerprint density at radius 1 is 1.50 bits per heavy atom. The first-order valence-corrected chi connectivity index (χ1v) is 5.37. The average Bonchev–Trinajstić information content (AvgIpc) is 2.30. The third kappa shape index (κ3) is 2.41. The van der Waals surface area contributed by atoms with E-state index in [2.05, 4.69) is 4.98 Å². The van der Waals surface area contributed by atoms with Gasteiger partial charge in [-0.2, -0.15) is 0 Å². The van der Waals surface area contributed by atoms with E-state index < -0.39 is 11.6 Å². The van der Waals surface area contributed by atoms with Gasteiger partial charge in [0.15, 0.2) is 0 Å². The highest BCUT2D eigenvalue weighted by Gasteiger charge is 2.07. The molecule has 0 saturated carbocycles. The van der Waals surface area contributed by atoms with E-state index in [0.717, 1.165) is 0 Å². The van der Waals surface area contributed by atoms with Crippen molar-refractivity contribution in [3.05, 3.63) is 45.1 Å². The van der Waals surface area contributed by atoms with Gasteiger partial charge < -0.3 is 9.52 Å². The minimum absolute atomic E-state index is 0.0268. The van der Waals surface area contributed by atoms with E-state index >= 15 is 0 Å². The summed E-state index contributed by atoms with van der Waals surface area (Å²) in [7, 11) is 0. The first-order valence-electron chi connectivity index (χ1n) is 4.99. The maximum absolute atomic E-state index is 11.7. The third-order valence-corrected chi connectivity index (χ3v) is 2.52. The molecule has 0 radical (unpaired) electrons. The van der Waals surface area contributed by atoms with E-state index in [4.69, 9.17) is 21.1 Å². The van der Waals surface area contributed by atoms with Gasteiger partial charge >= 0.3 is 11.6 Å². The smallest absolute Gasteiger partial charge is 0.347 e. The molecule has 2 aromatic rings. The number of halogens is 1. The molecule has 0 saturated heterocycles. The summed E-state index contributed by atoms with van der Waals surface area (Å²) in [6.07, 6.45) is 1.19. The zero-order chi connectivity index (χ0) is 13.3. The van der Waals surface area contributed by atoms with Crippen LogP contribution in [0.4, 0.5) is 0 Å². The molecule has 0 unspecified atom stereocenters. The third-order valence-electron chi connectivity index (χ3n) is 2.28. The average molecular weight is 266 g/mol. The number of benzene rings is 1. The van der Waals surface area contributed by atoms with Crippen LogP contribution in [-0.4, -0.2) is 16.1 Å². The number of fused-ring (bicyclic) bond motifs is 1. The van der Waals surface area contributed by atoms with E-state index in [-0.39, 0.29) is 16.9 Å². The number of carboxylic acid groups (broad SMARTS) is 1. The van der Waals surface area contributed by atoms with Gasteiger partial charge in [0, 0.05) is 16.7 Å². The van der Waals surface area contributed by atoms with E-state index in [1.165, 1.54) is 19.1 Å². The van der Waals surface area contributed by atoms with Crippen LogP contribution in [0.3, 0.4) is 0 Å². The summed E-state index contributed by atoms with van der Waals surface area (Å²) < 4.78 is 4.90. The largest absolute Gasteiger partial charge is 0.478 e. The summed E-state index contributed by atoms with van der Waals surface area (Å²) in [5.74, 6) is -1.15. The fourth-order valence-corrected chi connectivity index (χ4v) is 1.54. The lowest BCUT2D eigenvalue weighted by atomic mass is 10.2. The highest BCUT2D eigenvalue weighted by molar-refractivity contribution is 6.31. The van der Waals surface area contributed by atoms with Gasteiger partial charge in [0.25, 0.3) is 0 Å². The molecular weight excluding hydrogens is 258 g/mol. The summed E-state index contributed by atoms with van der Waals surface area (Å²) in [5, 5.41) is 9.39. The van der Waals surface area contributed by atoms with Crippen LogP contribution >= 0.6 is 11.6 Å². The van der Waals surface area contributed by atoms with Crippen molar-refractivity contribution in [1.82, 2.24) is 4.98 Å². The second-order valence-corrected chi connectivity index (χ2v) is 4.07. The summed E-state index contributed by atoms with van der Waals surface area (Å²) >= 11 is 5.76. The van der Waals surface area contributed by atoms with Gasteiger partial charge in [0.1, 0.15) is 0 Å². The number of carboxylic acids is 1. The lowest BCUT2D eigenvalue weighted by molar-refractivity contribution is -0.132. The number of carbonyl (C=O) groups is 1. The normalized spacial score (nSPS) is 11.8. The summed E-state index contributed by atoms with van der Waals surface area (Å²) in [6.45, 7) is 1.38. The van der Waals surface area contributed by atoms with Gasteiger partial charge in [-0.1, -0.05) is 11.6 Å². The van der Waals surface area contributed by atoms with Crippen molar-refractivity contribution in [3.63, 3.8) is 0 Å². The number of hydrogen-bond donors (Lipinski definition) is 1. The monoisotopic (exact) mass is 265 g/mol. The van der Waals surface area contributed by atoms with Gasteiger partial charge in [-0.3, -0.25) is 0 Å². The molecule has 0 atom stereocenters. The lowest BCUT2D eigenvalue weighted by Crippen LogP contribution is -2.04. The quantitative estimate of drug-likeness (QED) is 0.843. The van der Waals surface area contributed by atoms with Crippen LogP contribution in [0.25, 0.3) is 17.0 Å². The van der Waals surface area contributed by atoms with E-state index in [0.29, 0.717) is 10.5 Å². The fraction of sp³-hybridized carbons (Fsp3) is 0.0833. The summed E-state index contributed by atoms with van der Waals surface area (Å²) in [5.41, 5.74) is -0.175. The van der Waals surface area contributed by atoms with Gasteiger partial charge in [-0.15, -0.1) is 0 Å². The Labute approximate surface area is 106 Å². The highest BCUT2D eigenvalue weighted by Crippen LogP contribution is 2.15. The molecule has 0 aliphatic heterocycles. The molecule has 18 heavy (non-hydrogen) atoms. The maximum atomic E-state index is 11.7. The molecule has 6 heteroatoms. The first kappa shape index (κ1) is 12.3. The summed E-state index contributed by atoms with van der Waals surface area (Å²) in [6, 6.07) is 4.61. The number of hydrogen-bond acceptors (Lipinski definition) is 4. The Hall–Kier alpha value is -2.14. The Bertz CT molecular complexity index is 718. The topological polar surface area (TPSA) is 80.4 Å². The molecule has 0 fully saturated rings. The Balaban J connectivity index is 2.64. The van der Waals surface area contributed by atoms with Crippen LogP contribution in [0.5, 0.6) is 0 Å². The zero-order valence-electron chi connectivity index (χ0n) is 9.31. The Kier molecular flexibility index (Phi) is 3.16. The first-order chi connectivity index (χ1) is 8.47. The van der Waals surface area contributed by atoms with Crippen molar-refractivity contribution >= 4 is 34.5 Å². The molecule has 2 rings (SSSR count). The van der Waals surface area contributed by atoms with Gasteiger partial charge in [0.05, 0.1) is 10.9 Å². The molecule has 5 nitrogen and oxygen atoms in total. The van der Waals surface area contributed by atoms with Crippen molar-refractivity contribution in [1.29, 1.82) is 0 Å². The van der Waals surface area contributed by atoms with Gasteiger partial charge in [-0.05, 0) is 25.1 Å². The van der Waals surface area contributed by atoms with Gasteiger partial charge in [-0.25, -0.2) is 14.6 Å². The van der Waals surface area contributed by atoms with E-state index in [1.807, 2.05) is 0 Å². The second kappa shape index (κ2) is 4.62. The molecule has 0 bridgehead atoms. The Morgan fingerprint density at radius 2 is 2.22 bits per heavy atom. The van der Waals surface area contributed by atoms with Crippen molar-refractivity contribution in [2.45, 2.75) is 6.92 Å². The van der Waals surface area contributed by atoms with Crippen LogP contribution in [0.2, 0.25) is 5.02 Å². The predicted octanol–water partition coefficient (Wildman–Crippen LogP) is 2.33. The van der Waals surface area contributed by atoms with Crippen LogP contribution in [-0.2, 0) is 4.79 Å². The number of aromatic nitrogens is 1. The van der Waals surface area contributed by atoms with Crippen molar-refractivity contribution in [2.24, 2.45) is 0 Å². The summed E-state index contributed by atoms with van der Waals surface area (Å²) in [4.78, 5) is 26.4. The predicted molar refractivity (Wildman–Crippen MR) is 66.6 cm³/mol. The molecule has 0 aliphatic rings.